The molecule has 1 aromatic carbocycles. The first-order chi connectivity index (χ1) is 15.4. The van der Waals surface area contributed by atoms with E-state index in [1.165, 1.54) is 42.7 Å². The third-order valence-corrected chi connectivity index (χ3v) is 6.48. The molecule has 0 aliphatic carbocycles. The first kappa shape index (κ1) is 21.7. The van der Waals surface area contributed by atoms with E-state index in [0.717, 1.165) is 16.8 Å². The van der Waals surface area contributed by atoms with E-state index in [-0.39, 0.29) is 20.7 Å². The number of ether oxygens (including phenoxy) is 1. The molecule has 0 spiro atoms. The maximum absolute atomic E-state index is 12.7. The Hall–Kier alpha value is -3.48. The van der Waals surface area contributed by atoms with Gasteiger partial charge in [0.25, 0.3) is 17.5 Å². The van der Waals surface area contributed by atoms with Crippen LogP contribution in [0.4, 0.5) is 5.69 Å². The van der Waals surface area contributed by atoms with Crippen molar-refractivity contribution in [1.29, 1.82) is 0 Å². The van der Waals surface area contributed by atoms with Crippen LogP contribution in [-0.2, 0) is 4.79 Å². The second kappa shape index (κ2) is 8.94. The fourth-order valence-corrected chi connectivity index (χ4v) is 4.60. The summed E-state index contributed by atoms with van der Waals surface area (Å²) in [5, 5.41) is 13.8. The summed E-state index contributed by atoms with van der Waals surface area (Å²) in [6.45, 7) is 0. The molecular formula is C20H13N3O6S3. The number of hydrogen-bond acceptors (Lipinski definition) is 9. The zero-order valence-electron chi connectivity index (χ0n) is 16.3. The Morgan fingerprint density at radius 3 is 2.81 bits per heavy atom. The number of nitrogens with one attached hydrogen (secondary N) is 1. The van der Waals surface area contributed by atoms with Gasteiger partial charge in [-0.3, -0.25) is 25.1 Å². The molecule has 9 nitrogen and oxygen atoms in total. The number of benzene rings is 1. The van der Waals surface area contributed by atoms with Gasteiger partial charge in [-0.15, -0.1) is 11.3 Å². The molecule has 0 bridgehead atoms. The van der Waals surface area contributed by atoms with Crippen molar-refractivity contribution in [3.8, 4) is 17.1 Å². The lowest BCUT2D eigenvalue weighted by Crippen LogP contribution is -2.44. The van der Waals surface area contributed by atoms with Crippen molar-refractivity contribution in [2.45, 2.75) is 0 Å². The number of nitro benzene ring substituents is 1. The van der Waals surface area contributed by atoms with Crippen LogP contribution in [0.1, 0.15) is 15.4 Å². The van der Waals surface area contributed by atoms with Crippen molar-refractivity contribution in [3.63, 3.8) is 0 Å². The summed E-state index contributed by atoms with van der Waals surface area (Å²) in [4.78, 5) is 36.2. The number of thiophene rings is 1. The van der Waals surface area contributed by atoms with E-state index in [0.29, 0.717) is 22.0 Å². The fourth-order valence-electron chi connectivity index (χ4n) is 2.83. The number of hydrogen-bond donors (Lipinski definition) is 1. The predicted molar refractivity (Wildman–Crippen MR) is 124 cm³/mol. The Morgan fingerprint density at radius 2 is 2.12 bits per heavy atom. The maximum atomic E-state index is 12.7. The van der Waals surface area contributed by atoms with Crippen molar-refractivity contribution in [2.75, 3.05) is 7.11 Å². The molecule has 12 heteroatoms. The van der Waals surface area contributed by atoms with Gasteiger partial charge in [0.15, 0.2) is 4.32 Å². The van der Waals surface area contributed by atoms with Crippen molar-refractivity contribution < 1.29 is 23.7 Å². The van der Waals surface area contributed by atoms with Crippen LogP contribution in [0.3, 0.4) is 0 Å². The molecule has 1 aliphatic rings. The third-order valence-electron chi connectivity index (χ3n) is 4.31. The molecule has 1 aliphatic heterocycles. The molecule has 3 aromatic rings. The molecule has 1 fully saturated rings. The quantitative estimate of drug-likeness (QED) is 0.234. The molecular weight excluding hydrogens is 474 g/mol. The molecule has 0 saturated carbocycles. The lowest BCUT2D eigenvalue weighted by molar-refractivity contribution is -0.384. The first-order valence-corrected chi connectivity index (χ1v) is 11.0. The summed E-state index contributed by atoms with van der Waals surface area (Å²) in [5.41, 5.74) is 2.92. The van der Waals surface area contributed by atoms with Crippen LogP contribution < -0.4 is 10.2 Å². The zero-order chi connectivity index (χ0) is 22.8. The molecule has 162 valence electrons. The van der Waals surface area contributed by atoms with Crippen LogP contribution in [0.15, 0.2) is 57.2 Å². The molecule has 0 radical (unpaired) electrons. The topological polar surface area (TPSA) is 115 Å². The lowest BCUT2D eigenvalue weighted by atomic mass is 10.1. The fraction of sp³-hybridized carbons (Fsp3) is 0.0500. The molecule has 32 heavy (non-hydrogen) atoms. The van der Waals surface area contributed by atoms with Crippen molar-refractivity contribution in [3.05, 3.63) is 73.5 Å². The second-order valence-corrected chi connectivity index (χ2v) is 8.90. The van der Waals surface area contributed by atoms with Gasteiger partial charge >= 0.3 is 0 Å². The highest BCUT2D eigenvalue weighted by molar-refractivity contribution is 8.26. The number of amides is 2. The minimum atomic E-state index is -0.515. The van der Waals surface area contributed by atoms with Gasteiger partial charge in [0.1, 0.15) is 17.3 Å². The minimum absolute atomic E-state index is 0.106. The van der Waals surface area contributed by atoms with Gasteiger partial charge < -0.3 is 9.15 Å². The van der Waals surface area contributed by atoms with Gasteiger partial charge in [0.05, 0.1) is 33.4 Å². The molecule has 1 saturated heterocycles. The third kappa shape index (κ3) is 4.28. The summed E-state index contributed by atoms with van der Waals surface area (Å²) >= 11 is 7.50. The molecule has 0 atom stereocenters. The minimum Gasteiger partial charge on any atom is -0.496 e. The number of hydrazine groups is 1. The van der Waals surface area contributed by atoms with Crippen LogP contribution in [0.5, 0.6) is 5.75 Å². The monoisotopic (exact) mass is 487 g/mol. The summed E-state index contributed by atoms with van der Waals surface area (Å²) in [5.74, 6) is 0.150. The summed E-state index contributed by atoms with van der Waals surface area (Å²) in [7, 11) is 1.40. The summed E-state index contributed by atoms with van der Waals surface area (Å²) in [6.07, 6.45) is 1.51. The number of non-ortho nitro benzene ring substituents is 1. The molecule has 2 amide bonds. The molecule has 3 heterocycles. The molecule has 2 aromatic heterocycles. The van der Waals surface area contributed by atoms with Gasteiger partial charge in [-0.05, 0) is 41.9 Å². The number of nitro groups is 1. The van der Waals surface area contributed by atoms with E-state index in [9.17, 15) is 19.7 Å². The SMILES string of the molecule is COc1cc([N+](=O)[O-])ccc1-c1ccc(/C=C2/SC(=S)N(NC(=O)c3cccs3)C2=O)o1. The number of methoxy groups -OCH3 is 1. The highest BCUT2D eigenvalue weighted by Gasteiger charge is 2.34. The average Bonchev–Trinajstić information content (AvgIpc) is 3.52. The number of carbonyl (C=O) groups is 2. The number of nitrogens with zero attached hydrogens (tertiary/aromatic N) is 2. The summed E-state index contributed by atoms with van der Waals surface area (Å²) < 4.78 is 11.2. The van der Waals surface area contributed by atoms with E-state index in [1.807, 2.05) is 0 Å². The highest BCUT2D eigenvalue weighted by Crippen LogP contribution is 2.36. The molecule has 4 rings (SSSR count). The van der Waals surface area contributed by atoms with Gasteiger partial charge in [0.2, 0.25) is 0 Å². The predicted octanol–water partition coefficient (Wildman–Crippen LogP) is 4.47. The van der Waals surface area contributed by atoms with E-state index in [1.54, 1.807) is 29.6 Å². The smallest absolute Gasteiger partial charge is 0.285 e. The Balaban J connectivity index is 1.54. The van der Waals surface area contributed by atoms with E-state index in [4.69, 9.17) is 21.4 Å². The molecule has 1 N–H and O–H groups in total. The first-order valence-electron chi connectivity index (χ1n) is 8.92. The normalized spacial score (nSPS) is 14.8. The average molecular weight is 488 g/mol. The van der Waals surface area contributed by atoms with Gasteiger partial charge in [-0.1, -0.05) is 17.8 Å². The van der Waals surface area contributed by atoms with E-state index < -0.39 is 16.7 Å². The number of furan rings is 1. The largest absolute Gasteiger partial charge is 0.496 e. The van der Waals surface area contributed by atoms with Crippen LogP contribution in [0.25, 0.3) is 17.4 Å². The van der Waals surface area contributed by atoms with Gasteiger partial charge in [0, 0.05) is 12.1 Å². The van der Waals surface area contributed by atoms with Crippen LogP contribution in [0, 0.1) is 10.1 Å². The maximum Gasteiger partial charge on any atom is 0.285 e. The van der Waals surface area contributed by atoms with Crippen LogP contribution in [-0.4, -0.2) is 33.2 Å². The van der Waals surface area contributed by atoms with Gasteiger partial charge in [-0.2, -0.15) is 5.01 Å². The Morgan fingerprint density at radius 1 is 1.31 bits per heavy atom. The van der Waals surface area contributed by atoms with Crippen molar-refractivity contribution in [1.82, 2.24) is 10.4 Å². The Bertz CT molecular complexity index is 1270. The second-order valence-electron chi connectivity index (χ2n) is 6.28. The number of thiocarbonyl (C=S) groups is 1. The standard InChI is InChI=1S/C20H13N3O6S3/c1-28-15-9-11(23(26)27)4-6-13(15)14-7-5-12(29-14)10-17-19(25)22(20(30)32-17)21-18(24)16-3-2-8-31-16/h2-10H,1H3,(H,21,24)/b17-10+. The van der Waals surface area contributed by atoms with Crippen molar-refractivity contribution in [2.24, 2.45) is 0 Å². The zero-order valence-corrected chi connectivity index (χ0v) is 18.7. The molecule has 0 unspecified atom stereocenters. The van der Waals surface area contributed by atoms with Gasteiger partial charge in [-0.25, -0.2) is 0 Å². The van der Waals surface area contributed by atoms with E-state index >= 15 is 0 Å². The highest BCUT2D eigenvalue weighted by atomic mass is 32.2. The number of carbonyl (C=O) groups excluding carboxylic acids is 2. The lowest BCUT2D eigenvalue weighted by Gasteiger charge is -2.14. The number of thioether (sulfide) groups is 1. The van der Waals surface area contributed by atoms with Crippen molar-refractivity contribution >= 4 is 63.2 Å². The van der Waals surface area contributed by atoms with E-state index in [2.05, 4.69) is 5.43 Å². The van der Waals surface area contributed by atoms with Crippen LogP contribution in [0.2, 0.25) is 0 Å². The Kier molecular flexibility index (Phi) is 6.08. The van der Waals surface area contributed by atoms with Crippen LogP contribution >= 0.6 is 35.3 Å². The Labute approximate surface area is 194 Å². The number of rotatable bonds is 6. The summed E-state index contributed by atoms with van der Waals surface area (Å²) in [6, 6.07) is 10.9.